The lowest BCUT2D eigenvalue weighted by molar-refractivity contribution is -0.160. The molecular formula is C31H30F6N4O4S. The number of halogens is 6. The van der Waals surface area contributed by atoms with E-state index in [9.17, 15) is 40.7 Å². The van der Waals surface area contributed by atoms with Crippen LogP contribution in [0.4, 0.5) is 26.3 Å². The van der Waals surface area contributed by atoms with Crippen LogP contribution in [0.2, 0.25) is 0 Å². The van der Waals surface area contributed by atoms with Crippen molar-refractivity contribution in [2.24, 2.45) is 5.73 Å². The molecule has 2 N–H and O–H groups in total. The Kier molecular flexibility index (Phi) is 9.08. The highest BCUT2D eigenvalue weighted by Crippen LogP contribution is 2.43. The Morgan fingerprint density at radius 2 is 1.83 bits per heavy atom. The van der Waals surface area contributed by atoms with E-state index < -0.39 is 57.9 Å². The molecule has 3 aromatic rings. The second-order valence-electron chi connectivity index (χ2n) is 11.3. The normalized spacial score (nSPS) is 20.3. The summed E-state index contributed by atoms with van der Waals surface area (Å²) in [6, 6.07) is 6.30. The summed E-state index contributed by atoms with van der Waals surface area (Å²) in [5.41, 5.74) is 3.15. The van der Waals surface area contributed by atoms with Crippen LogP contribution in [0.3, 0.4) is 0 Å². The molecule has 1 saturated heterocycles. The van der Waals surface area contributed by atoms with Crippen LogP contribution in [0.5, 0.6) is 5.75 Å². The molecule has 46 heavy (non-hydrogen) atoms. The Balaban J connectivity index is 1.59. The number of alkyl halides is 6. The van der Waals surface area contributed by atoms with Gasteiger partial charge in [-0.25, -0.2) is 0 Å². The first kappa shape index (κ1) is 33.2. The van der Waals surface area contributed by atoms with Crippen LogP contribution in [0.25, 0.3) is 0 Å². The molecule has 0 spiro atoms. The molecule has 0 radical (unpaired) electrons. The maximum atomic E-state index is 14.7. The zero-order valence-corrected chi connectivity index (χ0v) is 25.4. The second-order valence-corrected chi connectivity index (χ2v) is 12.2. The van der Waals surface area contributed by atoms with Gasteiger partial charge in [0.2, 0.25) is 11.5 Å². The number of piperidine rings is 1. The molecule has 0 unspecified atom stereocenters. The Hall–Kier alpha value is -4.14. The smallest absolute Gasteiger partial charge is 0.425 e. The van der Waals surface area contributed by atoms with Crippen molar-refractivity contribution >= 4 is 29.1 Å². The van der Waals surface area contributed by atoms with E-state index in [0.29, 0.717) is 29.7 Å². The average molecular weight is 669 g/mol. The number of thiophene rings is 1. The van der Waals surface area contributed by atoms with E-state index in [2.05, 4.69) is 4.98 Å². The van der Waals surface area contributed by atoms with Gasteiger partial charge in [0.1, 0.15) is 16.3 Å². The van der Waals surface area contributed by atoms with Gasteiger partial charge in [0.15, 0.2) is 0 Å². The Labute approximate surface area is 264 Å². The van der Waals surface area contributed by atoms with E-state index in [-0.39, 0.29) is 50.2 Å². The zero-order chi connectivity index (χ0) is 33.4. The lowest BCUT2D eigenvalue weighted by atomic mass is 9.79. The molecule has 0 aliphatic carbocycles. The maximum Gasteiger partial charge on any atom is 0.425 e. The fraction of sp³-hybridized carbons (Fsp3) is 0.419. The third kappa shape index (κ3) is 6.42. The third-order valence-corrected chi connectivity index (χ3v) is 9.26. The molecule has 246 valence electrons. The van der Waals surface area contributed by atoms with E-state index in [1.54, 1.807) is 25.1 Å². The van der Waals surface area contributed by atoms with Crippen LogP contribution < -0.4 is 10.5 Å². The van der Waals surface area contributed by atoms with Crippen LogP contribution in [-0.2, 0) is 30.1 Å². The van der Waals surface area contributed by atoms with E-state index >= 15 is 0 Å². The van der Waals surface area contributed by atoms with Gasteiger partial charge in [0, 0.05) is 49.3 Å². The monoisotopic (exact) mass is 668 g/mol. The molecule has 2 atom stereocenters. The summed E-state index contributed by atoms with van der Waals surface area (Å²) in [5, 5.41) is 1.12. The van der Waals surface area contributed by atoms with Gasteiger partial charge >= 0.3 is 12.4 Å². The number of nitrogens with zero attached hydrogens (tertiary/aromatic N) is 3. The summed E-state index contributed by atoms with van der Waals surface area (Å²) >= 11 is 0.375. The molecule has 3 amide bonds. The number of rotatable bonds is 7. The number of hydrogen-bond acceptors (Lipinski definition) is 6. The highest BCUT2D eigenvalue weighted by atomic mass is 32.1. The topological polar surface area (TPSA) is 106 Å². The van der Waals surface area contributed by atoms with Crippen molar-refractivity contribution in [2.75, 3.05) is 13.1 Å². The first-order chi connectivity index (χ1) is 21.7. The predicted molar refractivity (Wildman–Crippen MR) is 155 cm³/mol. The largest absolute Gasteiger partial charge is 0.474 e. The molecule has 15 heteroatoms. The van der Waals surface area contributed by atoms with Crippen molar-refractivity contribution in [3.63, 3.8) is 0 Å². The molecule has 1 fully saturated rings. The number of ether oxygens (including phenoxy) is 1. The molecule has 2 aromatic heterocycles. The molecule has 1 aromatic carbocycles. The first-order valence-corrected chi connectivity index (χ1v) is 15.4. The summed E-state index contributed by atoms with van der Waals surface area (Å²) in [6.07, 6.45) is -7.57. The van der Waals surface area contributed by atoms with Crippen LogP contribution in [0.15, 0.2) is 48.0 Å². The summed E-state index contributed by atoms with van der Waals surface area (Å²) in [5.74, 6) is -2.61. The van der Waals surface area contributed by atoms with Gasteiger partial charge in [-0.1, -0.05) is 19.4 Å². The van der Waals surface area contributed by atoms with Crippen molar-refractivity contribution < 1.29 is 45.5 Å². The van der Waals surface area contributed by atoms with E-state index in [1.807, 2.05) is 0 Å². The second kappa shape index (κ2) is 12.6. The zero-order valence-electron chi connectivity index (χ0n) is 24.6. The number of aromatic nitrogens is 1. The number of hydrogen-bond donors (Lipinski definition) is 1. The number of amides is 3. The van der Waals surface area contributed by atoms with Gasteiger partial charge in [-0.15, -0.1) is 11.3 Å². The number of nitrogens with two attached hydrogens (primary N) is 1. The standard InChI is InChI=1S/C31H30F6N4O4S/c1-2-5-23-29(45-21-15-24(46-17-21)31(35,36)37,28(44)40-13-9-18-7-8-19(26(38)42)14-20(18)16-40)10-4-12-41(23)27(43)25-22(30(32,33)34)6-3-11-39-25/h3,6-8,11,14-15,17,23H,2,4-5,9-10,12-13,16H2,1H3,(H2,38,42)/t23-,29-/m1/s1. The molecule has 0 saturated carbocycles. The fourth-order valence-corrected chi connectivity index (χ4v) is 6.90. The highest BCUT2D eigenvalue weighted by molar-refractivity contribution is 7.10. The van der Waals surface area contributed by atoms with Crippen molar-refractivity contribution in [2.45, 2.75) is 69.6 Å². The number of carbonyl (C=O) groups is 3. The molecule has 8 nitrogen and oxygen atoms in total. The lowest BCUT2D eigenvalue weighted by Gasteiger charge is -2.50. The fourth-order valence-electron chi connectivity index (χ4n) is 6.23. The maximum absolute atomic E-state index is 14.7. The van der Waals surface area contributed by atoms with Crippen LogP contribution >= 0.6 is 11.3 Å². The summed E-state index contributed by atoms with van der Waals surface area (Å²) in [7, 11) is 0. The Morgan fingerprint density at radius 3 is 2.48 bits per heavy atom. The molecule has 5 rings (SSSR count). The molecule has 2 aliphatic heterocycles. The van der Waals surface area contributed by atoms with Crippen LogP contribution in [-0.4, -0.2) is 57.2 Å². The minimum Gasteiger partial charge on any atom is -0.474 e. The minimum absolute atomic E-state index is 0.0170. The van der Waals surface area contributed by atoms with Crippen LogP contribution in [0.1, 0.15) is 75.0 Å². The number of benzene rings is 1. The number of pyridine rings is 1. The van der Waals surface area contributed by atoms with Crippen molar-refractivity contribution in [3.05, 3.63) is 80.8 Å². The van der Waals surface area contributed by atoms with Gasteiger partial charge in [0.25, 0.3) is 11.8 Å². The number of primary amides is 1. The quantitative estimate of drug-likeness (QED) is 0.307. The van der Waals surface area contributed by atoms with E-state index in [1.165, 1.54) is 4.90 Å². The highest BCUT2D eigenvalue weighted by Gasteiger charge is 2.56. The van der Waals surface area contributed by atoms with Gasteiger partial charge in [-0.2, -0.15) is 26.3 Å². The third-order valence-electron chi connectivity index (χ3n) is 8.31. The summed E-state index contributed by atoms with van der Waals surface area (Å²) < 4.78 is 88.6. The Bertz CT molecular complexity index is 1640. The molecule has 0 bridgehead atoms. The minimum atomic E-state index is -4.89. The van der Waals surface area contributed by atoms with Gasteiger partial charge in [-0.05, 0) is 54.7 Å². The van der Waals surface area contributed by atoms with Crippen molar-refractivity contribution in [1.29, 1.82) is 0 Å². The summed E-state index contributed by atoms with van der Waals surface area (Å²) in [4.78, 5) is 45.8. The van der Waals surface area contributed by atoms with Crippen LogP contribution in [0, 0.1) is 0 Å². The number of fused-ring (bicyclic) bond motifs is 1. The van der Waals surface area contributed by atoms with Gasteiger partial charge in [0.05, 0.1) is 11.6 Å². The molecule has 4 heterocycles. The van der Waals surface area contributed by atoms with Crippen molar-refractivity contribution in [1.82, 2.24) is 14.8 Å². The lowest BCUT2D eigenvalue weighted by Crippen LogP contribution is -2.68. The van der Waals surface area contributed by atoms with Gasteiger partial charge in [-0.3, -0.25) is 19.4 Å². The Morgan fingerprint density at radius 1 is 1.07 bits per heavy atom. The summed E-state index contributed by atoms with van der Waals surface area (Å²) in [6.45, 7) is 1.93. The number of carbonyl (C=O) groups excluding carboxylic acids is 3. The number of likely N-dealkylation sites (tertiary alicyclic amines) is 1. The SMILES string of the molecule is CCC[C@H]1N(C(=O)c2ncccc2C(F)(F)F)CCC[C@]1(Oc1csc(C(F)(F)F)c1)C(=O)N1CCc2ccc(C(N)=O)cc2C1. The molecule has 2 aliphatic rings. The van der Waals surface area contributed by atoms with Crippen molar-refractivity contribution in [3.8, 4) is 5.75 Å². The average Bonchev–Trinajstić information content (AvgIpc) is 3.49. The van der Waals surface area contributed by atoms with E-state index in [0.717, 1.165) is 40.2 Å². The predicted octanol–water partition coefficient (Wildman–Crippen LogP) is 6.09. The van der Waals surface area contributed by atoms with E-state index in [4.69, 9.17) is 10.5 Å². The molecular weight excluding hydrogens is 638 g/mol. The van der Waals surface area contributed by atoms with Gasteiger partial charge < -0.3 is 20.3 Å². The first-order valence-electron chi connectivity index (χ1n) is 14.5.